The van der Waals surface area contributed by atoms with Crippen LogP contribution in [0.4, 0.5) is 0 Å². The van der Waals surface area contributed by atoms with Gasteiger partial charge in [0.2, 0.25) is 0 Å². The lowest BCUT2D eigenvalue weighted by molar-refractivity contribution is 0.697. The summed E-state index contributed by atoms with van der Waals surface area (Å²) in [5.74, 6) is 0.622. The van der Waals surface area contributed by atoms with Crippen LogP contribution in [0.25, 0.3) is 23.3 Å². The normalized spacial score (nSPS) is 11.6. The van der Waals surface area contributed by atoms with Crippen LogP contribution in [0.3, 0.4) is 0 Å². The Labute approximate surface area is 126 Å². The molecule has 0 amide bonds. The van der Waals surface area contributed by atoms with Crippen LogP contribution in [0.15, 0.2) is 39.9 Å². The molecule has 0 bridgehead atoms. The van der Waals surface area contributed by atoms with E-state index >= 15 is 0 Å². The van der Waals surface area contributed by atoms with Crippen molar-refractivity contribution in [2.45, 2.75) is 0 Å². The van der Waals surface area contributed by atoms with E-state index in [2.05, 4.69) is 4.98 Å². The largest absolute Gasteiger partial charge is 0.332 e. The molecule has 0 aliphatic rings. The van der Waals surface area contributed by atoms with E-state index in [9.17, 15) is 9.59 Å². The topological polar surface area (TPSA) is 61.8 Å². The molecule has 0 spiro atoms. The van der Waals surface area contributed by atoms with Crippen molar-refractivity contribution < 1.29 is 0 Å². The fraction of sp³-hybridized carbons (Fsp3) is 0.188. The summed E-state index contributed by atoms with van der Waals surface area (Å²) >= 11 is 0. The van der Waals surface area contributed by atoms with Crippen molar-refractivity contribution in [3.05, 3.63) is 62.6 Å². The van der Waals surface area contributed by atoms with Crippen LogP contribution >= 0.6 is 0 Å². The summed E-state index contributed by atoms with van der Waals surface area (Å²) in [6.07, 6.45) is 3.75. The van der Waals surface area contributed by atoms with Gasteiger partial charge in [0.1, 0.15) is 11.5 Å². The van der Waals surface area contributed by atoms with E-state index in [1.54, 1.807) is 18.7 Å². The Bertz CT molecular complexity index is 991. The van der Waals surface area contributed by atoms with Crippen LogP contribution in [0.2, 0.25) is 0 Å². The molecular weight excluding hydrogens is 280 g/mol. The van der Waals surface area contributed by atoms with Gasteiger partial charge >= 0.3 is 5.69 Å². The van der Waals surface area contributed by atoms with Crippen LogP contribution in [0, 0.1) is 0 Å². The zero-order valence-corrected chi connectivity index (χ0v) is 12.6. The monoisotopic (exact) mass is 296 g/mol. The summed E-state index contributed by atoms with van der Waals surface area (Å²) in [5.41, 5.74) is 1.10. The van der Waals surface area contributed by atoms with Crippen molar-refractivity contribution in [2.24, 2.45) is 21.1 Å². The first-order chi connectivity index (χ1) is 10.5. The molecular formula is C16H16N4O2. The van der Waals surface area contributed by atoms with E-state index < -0.39 is 0 Å². The fourth-order valence-corrected chi connectivity index (χ4v) is 2.48. The molecule has 22 heavy (non-hydrogen) atoms. The Kier molecular flexibility index (Phi) is 3.29. The van der Waals surface area contributed by atoms with Gasteiger partial charge in [-0.2, -0.15) is 0 Å². The van der Waals surface area contributed by atoms with E-state index in [-0.39, 0.29) is 11.2 Å². The predicted octanol–water partition coefficient (Wildman–Crippen LogP) is 1.14. The molecule has 0 aliphatic heterocycles. The first-order valence-corrected chi connectivity index (χ1v) is 6.86. The molecule has 0 aliphatic carbocycles. The lowest BCUT2D eigenvalue weighted by Crippen LogP contribution is -2.37. The number of rotatable bonds is 2. The second-order valence-electron chi connectivity index (χ2n) is 5.15. The Morgan fingerprint density at radius 3 is 2.27 bits per heavy atom. The highest BCUT2D eigenvalue weighted by atomic mass is 16.2. The van der Waals surface area contributed by atoms with Crippen LogP contribution < -0.4 is 11.2 Å². The van der Waals surface area contributed by atoms with Gasteiger partial charge in [0, 0.05) is 21.1 Å². The molecule has 0 N–H and O–H groups in total. The summed E-state index contributed by atoms with van der Waals surface area (Å²) < 4.78 is 4.25. The maximum atomic E-state index is 12.2. The van der Waals surface area contributed by atoms with E-state index in [1.807, 2.05) is 42.5 Å². The summed E-state index contributed by atoms with van der Waals surface area (Å²) in [7, 11) is 4.88. The van der Waals surface area contributed by atoms with Gasteiger partial charge in [0.15, 0.2) is 5.52 Å². The molecule has 3 rings (SSSR count). The third-order valence-electron chi connectivity index (χ3n) is 3.72. The third-order valence-corrected chi connectivity index (χ3v) is 3.72. The van der Waals surface area contributed by atoms with Crippen LogP contribution in [0.1, 0.15) is 11.4 Å². The van der Waals surface area contributed by atoms with Crippen molar-refractivity contribution in [2.75, 3.05) is 0 Å². The Morgan fingerprint density at radius 2 is 1.59 bits per heavy atom. The van der Waals surface area contributed by atoms with Crippen LogP contribution in [-0.4, -0.2) is 18.7 Å². The second-order valence-corrected chi connectivity index (χ2v) is 5.15. The van der Waals surface area contributed by atoms with Gasteiger partial charge in [0.05, 0.1) is 0 Å². The smallest absolute Gasteiger partial charge is 0.313 e. The van der Waals surface area contributed by atoms with E-state index in [1.165, 1.54) is 11.6 Å². The van der Waals surface area contributed by atoms with E-state index in [0.29, 0.717) is 17.0 Å². The Hall–Kier alpha value is -2.89. The number of hydrogen-bond donors (Lipinski definition) is 0. The van der Waals surface area contributed by atoms with Crippen molar-refractivity contribution >= 4 is 23.3 Å². The van der Waals surface area contributed by atoms with Gasteiger partial charge in [-0.15, -0.1) is 0 Å². The Balaban J connectivity index is 2.21. The van der Waals surface area contributed by atoms with Gasteiger partial charge in [-0.3, -0.25) is 13.9 Å². The van der Waals surface area contributed by atoms with Gasteiger partial charge in [0.25, 0.3) is 5.56 Å². The number of imidazole rings is 1. The van der Waals surface area contributed by atoms with E-state index in [4.69, 9.17) is 0 Å². The SMILES string of the molecule is Cn1c(=O)c2nc(/C=C/c3ccccc3)n(C)c2n(C)c1=O. The second kappa shape index (κ2) is 5.14. The Morgan fingerprint density at radius 1 is 0.909 bits per heavy atom. The van der Waals surface area contributed by atoms with Gasteiger partial charge < -0.3 is 4.57 Å². The standard InChI is InChI=1S/C16H16N4O2/c1-18-12(10-9-11-7-5-4-6-8-11)17-13-14(18)19(2)16(22)20(3)15(13)21/h4-10H,1-3H3/b10-9+. The number of aromatic nitrogens is 4. The third kappa shape index (κ3) is 2.09. The quantitative estimate of drug-likeness (QED) is 0.712. The number of aryl methyl sites for hydroxylation is 2. The molecule has 0 saturated heterocycles. The molecule has 0 atom stereocenters. The molecule has 2 heterocycles. The molecule has 3 aromatic rings. The highest BCUT2D eigenvalue weighted by Crippen LogP contribution is 2.12. The fourth-order valence-electron chi connectivity index (χ4n) is 2.48. The predicted molar refractivity (Wildman–Crippen MR) is 86.6 cm³/mol. The molecule has 2 aromatic heterocycles. The average Bonchev–Trinajstić information content (AvgIpc) is 2.87. The lowest BCUT2D eigenvalue weighted by Gasteiger charge is -2.05. The molecule has 1 aromatic carbocycles. The first-order valence-electron chi connectivity index (χ1n) is 6.86. The molecule has 112 valence electrons. The van der Waals surface area contributed by atoms with Crippen molar-refractivity contribution in [1.29, 1.82) is 0 Å². The minimum absolute atomic E-state index is 0.291. The maximum Gasteiger partial charge on any atom is 0.332 e. The summed E-state index contributed by atoms with van der Waals surface area (Å²) in [6, 6.07) is 9.82. The van der Waals surface area contributed by atoms with Gasteiger partial charge in [-0.05, 0) is 11.6 Å². The summed E-state index contributed by atoms with van der Waals surface area (Å²) in [6.45, 7) is 0. The van der Waals surface area contributed by atoms with E-state index in [0.717, 1.165) is 10.1 Å². The minimum Gasteiger partial charge on any atom is -0.313 e. The molecule has 6 nitrogen and oxygen atoms in total. The summed E-state index contributed by atoms with van der Waals surface area (Å²) in [5, 5.41) is 0. The van der Waals surface area contributed by atoms with Crippen molar-refractivity contribution in [3.8, 4) is 0 Å². The highest BCUT2D eigenvalue weighted by molar-refractivity contribution is 5.76. The maximum absolute atomic E-state index is 12.2. The number of hydrogen-bond acceptors (Lipinski definition) is 3. The van der Waals surface area contributed by atoms with Crippen LogP contribution in [-0.2, 0) is 21.1 Å². The van der Waals surface area contributed by atoms with Gasteiger partial charge in [-0.25, -0.2) is 9.78 Å². The van der Waals surface area contributed by atoms with Crippen LogP contribution in [0.5, 0.6) is 0 Å². The number of nitrogens with zero attached hydrogens (tertiary/aromatic N) is 4. The molecule has 0 saturated carbocycles. The summed E-state index contributed by atoms with van der Waals surface area (Å²) in [4.78, 5) is 28.6. The molecule has 0 radical (unpaired) electrons. The van der Waals surface area contributed by atoms with Gasteiger partial charge in [-0.1, -0.05) is 36.4 Å². The number of fused-ring (bicyclic) bond motifs is 1. The highest BCUT2D eigenvalue weighted by Gasteiger charge is 2.15. The number of benzene rings is 1. The van der Waals surface area contributed by atoms with Crippen molar-refractivity contribution in [1.82, 2.24) is 18.7 Å². The molecule has 0 fully saturated rings. The first kappa shape index (κ1) is 14.1. The molecule has 0 unspecified atom stereocenters. The zero-order chi connectivity index (χ0) is 15.9. The molecule has 6 heteroatoms. The average molecular weight is 296 g/mol. The van der Waals surface area contributed by atoms with Crippen molar-refractivity contribution in [3.63, 3.8) is 0 Å². The minimum atomic E-state index is -0.381. The zero-order valence-electron chi connectivity index (χ0n) is 12.6. The lowest BCUT2D eigenvalue weighted by atomic mass is 10.2.